The fourth-order valence-corrected chi connectivity index (χ4v) is 4.90. The summed E-state index contributed by atoms with van der Waals surface area (Å²) in [4.78, 5) is 24.9. The van der Waals surface area contributed by atoms with Gasteiger partial charge in [-0.1, -0.05) is 25.4 Å². The molecule has 0 aliphatic carbocycles. The number of benzene rings is 1. The first kappa shape index (κ1) is 30.4. The number of carboxylic acid groups (broad SMARTS) is 1. The average Bonchev–Trinajstić information content (AvgIpc) is 3.34. The molecular formula is C25H34ClF3N8O2. The van der Waals surface area contributed by atoms with E-state index in [9.17, 15) is 13.2 Å². The summed E-state index contributed by atoms with van der Waals surface area (Å²) in [6.45, 7) is 11.5. The van der Waals surface area contributed by atoms with Gasteiger partial charge in [0.15, 0.2) is 5.65 Å². The van der Waals surface area contributed by atoms with E-state index in [1.54, 1.807) is 6.33 Å². The third-order valence-corrected chi connectivity index (χ3v) is 7.14. The van der Waals surface area contributed by atoms with Crippen molar-refractivity contribution in [2.24, 2.45) is 5.73 Å². The lowest BCUT2D eigenvalue weighted by molar-refractivity contribution is -0.192. The van der Waals surface area contributed by atoms with E-state index in [0.717, 1.165) is 66.7 Å². The summed E-state index contributed by atoms with van der Waals surface area (Å²) in [5.74, 6) is -1.79. The van der Waals surface area contributed by atoms with Crippen molar-refractivity contribution in [3.05, 3.63) is 40.3 Å². The summed E-state index contributed by atoms with van der Waals surface area (Å²) in [5.41, 5.74) is 11.6. The van der Waals surface area contributed by atoms with Gasteiger partial charge in [-0.25, -0.2) is 14.8 Å². The zero-order chi connectivity index (χ0) is 28.9. The van der Waals surface area contributed by atoms with E-state index in [1.807, 2.05) is 0 Å². The van der Waals surface area contributed by atoms with Gasteiger partial charge in [0.1, 0.15) is 12.1 Å². The molecule has 1 fully saturated rings. The number of fused-ring (bicyclic) bond motifs is 1. The molecular weight excluding hydrogens is 537 g/mol. The van der Waals surface area contributed by atoms with Crippen LogP contribution in [-0.4, -0.2) is 88.6 Å². The quantitative estimate of drug-likeness (QED) is 0.389. The van der Waals surface area contributed by atoms with Gasteiger partial charge in [0, 0.05) is 55.2 Å². The summed E-state index contributed by atoms with van der Waals surface area (Å²) in [5, 5.41) is 16.4. The molecule has 3 aromatic rings. The largest absolute Gasteiger partial charge is 0.490 e. The van der Waals surface area contributed by atoms with Crippen LogP contribution in [0.15, 0.2) is 18.5 Å². The maximum Gasteiger partial charge on any atom is 0.490 e. The Labute approximate surface area is 229 Å². The van der Waals surface area contributed by atoms with E-state index in [4.69, 9.17) is 27.2 Å². The minimum atomic E-state index is -5.08. The Morgan fingerprint density at radius 3 is 2.36 bits per heavy atom. The maximum atomic E-state index is 10.6. The molecule has 1 aliphatic rings. The van der Waals surface area contributed by atoms with Crippen LogP contribution >= 0.6 is 11.6 Å². The summed E-state index contributed by atoms with van der Waals surface area (Å²) < 4.78 is 31.7. The SMILES string of the molecule is CCc1[nH]nc2ncnc(N3CCN(c4cc(Cl)cc(C(CN)N(C)CC)c4C)CC3)c12.O=C(O)C(F)(F)F. The lowest BCUT2D eigenvalue weighted by Gasteiger charge is -2.38. The number of halogens is 4. The lowest BCUT2D eigenvalue weighted by atomic mass is 9.97. The first-order valence-electron chi connectivity index (χ1n) is 12.6. The number of nitrogens with zero attached hydrogens (tertiary/aromatic N) is 6. The van der Waals surface area contributed by atoms with Crippen LogP contribution < -0.4 is 15.5 Å². The van der Waals surface area contributed by atoms with Crippen molar-refractivity contribution < 1.29 is 23.1 Å². The van der Waals surface area contributed by atoms with E-state index in [-0.39, 0.29) is 6.04 Å². The molecule has 4 rings (SSSR count). The van der Waals surface area contributed by atoms with Gasteiger partial charge in [-0.2, -0.15) is 18.3 Å². The number of carbonyl (C=O) groups is 1. The molecule has 39 heavy (non-hydrogen) atoms. The van der Waals surface area contributed by atoms with Gasteiger partial charge < -0.3 is 20.6 Å². The zero-order valence-electron chi connectivity index (χ0n) is 22.4. The van der Waals surface area contributed by atoms with Crippen LogP contribution in [0.2, 0.25) is 5.02 Å². The van der Waals surface area contributed by atoms with Crippen LogP contribution in [0.5, 0.6) is 0 Å². The van der Waals surface area contributed by atoms with Crippen LogP contribution in [0.25, 0.3) is 11.0 Å². The number of alkyl halides is 3. The van der Waals surface area contributed by atoms with Crippen molar-refractivity contribution in [1.82, 2.24) is 25.1 Å². The van der Waals surface area contributed by atoms with Gasteiger partial charge in [0.05, 0.1) is 5.39 Å². The zero-order valence-corrected chi connectivity index (χ0v) is 23.1. The minimum absolute atomic E-state index is 0.154. The topological polar surface area (TPSA) is 128 Å². The van der Waals surface area contributed by atoms with Gasteiger partial charge in [-0.05, 0) is 50.2 Å². The van der Waals surface area contributed by atoms with Gasteiger partial charge in [0.2, 0.25) is 0 Å². The Bertz CT molecular complexity index is 1280. The number of likely N-dealkylation sites (N-methyl/N-ethyl adjacent to an activating group) is 1. The highest BCUT2D eigenvalue weighted by Crippen LogP contribution is 2.34. The molecule has 1 unspecified atom stereocenters. The highest BCUT2D eigenvalue weighted by molar-refractivity contribution is 6.31. The lowest BCUT2D eigenvalue weighted by Crippen LogP contribution is -2.47. The van der Waals surface area contributed by atoms with Crippen LogP contribution in [0, 0.1) is 6.92 Å². The Hall–Kier alpha value is -3.16. The van der Waals surface area contributed by atoms with E-state index in [1.165, 1.54) is 16.8 Å². The van der Waals surface area contributed by atoms with Gasteiger partial charge in [-0.15, -0.1) is 0 Å². The summed E-state index contributed by atoms with van der Waals surface area (Å²) in [6.07, 6.45) is -2.61. The van der Waals surface area contributed by atoms with Crippen LogP contribution in [0.4, 0.5) is 24.7 Å². The van der Waals surface area contributed by atoms with Crippen molar-refractivity contribution in [2.75, 3.05) is 56.1 Å². The van der Waals surface area contributed by atoms with Gasteiger partial charge in [0.25, 0.3) is 0 Å². The number of piperazine rings is 1. The molecule has 1 atom stereocenters. The average molecular weight is 571 g/mol. The third-order valence-electron chi connectivity index (χ3n) is 6.92. The molecule has 10 nitrogen and oxygen atoms in total. The standard InChI is InChI=1S/C23H33ClN8.C2HF3O2/c1-5-18-21-22(29-28-18)26-14-27-23(21)32-9-7-31(8-10-32)19-12-16(24)11-17(15(19)3)20(13-25)30(4)6-2;3-2(4,5)1(6)7/h11-12,14,20H,5-10,13,25H2,1-4H3,(H,26,27,28,29);(H,6,7). The Morgan fingerprint density at radius 1 is 1.21 bits per heavy atom. The van der Waals surface area contributed by atoms with Crippen molar-refractivity contribution in [2.45, 2.75) is 39.4 Å². The number of anilines is 2. The third kappa shape index (κ3) is 6.89. The van der Waals surface area contributed by atoms with E-state index >= 15 is 0 Å². The number of aromatic amines is 1. The number of aromatic nitrogens is 4. The number of hydrogen-bond acceptors (Lipinski definition) is 8. The van der Waals surface area contributed by atoms with Crippen LogP contribution in [0.1, 0.15) is 36.7 Å². The highest BCUT2D eigenvalue weighted by Gasteiger charge is 2.38. The summed E-state index contributed by atoms with van der Waals surface area (Å²) in [7, 11) is 2.11. The molecule has 3 heterocycles. The second-order valence-corrected chi connectivity index (χ2v) is 9.63. The maximum absolute atomic E-state index is 10.6. The predicted molar refractivity (Wildman–Crippen MR) is 145 cm³/mol. The van der Waals surface area contributed by atoms with E-state index < -0.39 is 12.1 Å². The van der Waals surface area contributed by atoms with Crippen molar-refractivity contribution >= 4 is 40.1 Å². The first-order chi connectivity index (χ1) is 18.4. The fourth-order valence-electron chi connectivity index (χ4n) is 4.68. The highest BCUT2D eigenvalue weighted by atomic mass is 35.5. The number of H-pyrrole nitrogens is 1. The second-order valence-electron chi connectivity index (χ2n) is 9.19. The number of rotatable bonds is 7. The van der Waals surface area contributed by atoms with Gasteiger partial charge in [-0.3, -0.25) is 10.00 Å². The first-order valence-corrected chi connectivity index (χ1v) is 13.0. The summed E-state index contributed by atoms with van der Waals surface area (Å²) in [6, 6.07) is 4.31. The Balaban J connectivity index is 0.000000532. The predicted octanol–water partition coefficient (Wildman–Crippen LogP) is 3.79. The van der Waals surface area contributed by atoms with Crippen molar-refractivity contribution in [3.8, 4) is 0 Å². The van der Waals surface area contributed by atoms with Crippen LogP contribution in [0.3, 0.4) is 0 Å². The van der Waals surface area contributed by atoms with E-state index in [0.29, 0.717) is 6.54 Å². The number of aliphatic carboxylic acids is 1. The molecule has 14 heteroatoms. The molecule has 0 amide bonds. The molecule has 0 saturated carbocycles. The Morgan fingerprint density at radius 2 is 1.82 bits per heavy atom. The smallest absolute Gasteiger partial charge is 0.475 e. The molecule has 1 aliphatic heterocycles. The number of carboxylic acids is 1. The molecule has 1 aromatic carbocycles. The molecule has 4 N–H and O–H groups in total. The van der Waals surface area contributed by atoms with Crippen LogP contribution in [-0.2, 0) is 11.2 Å². The minimum Gasteiger partial charge on any atom is -0.475 e. The fraction of sp³-hybridized carbons (Fsp3) is 0.520. The molecule has 0 bridgehead atoms. The summed E-state index contributed by atoms with van der Waals surface area (Å²) >= 11 is 6.58. The monoisotopic (exact) mass is 570 g/mol. The Kier molecular flexibility index (Phi) is 9.97. The van der Waals surface area contributed by atoms with Crippen molar-refractivity contribution in [1.29, 1.82) is 0 Å². The van der Waals surface area contributed by atoms with Gasteiger partial charge >= 0.3 is 12.1 Å². The number of hydrogen-bond donors (Lipinski definition) is 3. The number of nitrogens with two attached hydrogens (primary N) is 1. The second kappa shape index (κ2) is 12.8. The molecule has 1 saturated heterocycles. The number of aryl methyl sites for hydroxylation is 1. The molecule has 214 valence electrons. The molecule has 0 radical (unpaired) electrons. The van der Waals surface area contributed by atoms with Crippen molar-refractivity contribution in [3.63, 3.8) is 0 Å². The molecule has 2 aromatic heterocycles. The molecule has 0 spiro atoms. The number of nitrogens with one attached hydrogen (secondary N) is 1. The van der Waals surface area contributed by atoms with E-state index in [2.05, 4.69) is 74.8 Å². The normalized spacial score (nSPS) is 14.9.